The molecule has 19 heavy (non-hydrogen) atoms. The molecule has 0 bridgehead atoms. The largest absolute Gasteiger partial charge is 0.373 e. The summed E-state index contributed by atoms with van der Waals surface area (Å²) in [5.74, 6) is 3.97. The van der Waals surface area contributed by atoms with Crippen molar-refractivity contribution in [2.45, 2.75) is 39.2 Å². The highest BCUT2D eigenvalue weighted by Gasteiger charge is 2.15. The quantitative estimate of drug-likeness (QED) is 0.793. The highest BCUT2D eigenvalue weighted by molar-refractivity contribution is 7.98. The van der Waals surface area contributed by atoms with Gasteiger partial charge in [-0.25, -0.2) is 9.97 Å². The first-order valence-electron chi connectivity index (χ1n) is 6.93. The number of hydrogen-bond donors (Lipinski definition) is 1. The van der Waals surface area contributed by atoms with Gasteiger partial charge >= 0.3 is 0 Å². The van der Waals surface area contributed by atoms with Gasteiger partial charge in [0.25, 0.3) is 0 Å². The summed E-state index contributed by atoms with van der Waals surface area (Å²) < 4.78 is 0. The first-order chi connectivity index (χ1) is 9.15. The molecule has 1 aromatic rings. The van der Waals surface area contributed by atoms with E-state index in [9.17, 15) is 0 Å². The Hall–Kier alpha value is -0.970. The summed E-state index contributed by atoms with van der Waals surface area (Å²) in [4.78, 5) is 11.5. The van der Waals surface area contributed by atoms with Crippen LogP contribution in [0.1, 0.15) is 32.5 Å². The lowest BCUT2D eigenvalue weighted by atomic mass is 10.2. The van der Waals surface area contributed by atoms with Gasteiger partial charge < -0.3 is 10.2 Å². The molecule has 5 heteroatoms. The fourth-order valence-electron chi connectivity index (χ4n) is 2.01. The summed E-state index contributed by atoms with van der Waals surface area (Å²) in [6, 6.07) is 2.55. The highest BCUT2D eigenvalue weighted by atomic mass is 32.2. The lowest BCUT2D eigenvalue weighted by Crippen LogP contribution is -2.34. The van der Waals surface area contributed by atoms with E-state index in [-0.39, 0.29) is 0 Å². The predicted molar refractivity (Wildman–Crippen MR) is 86.4 cm³/mol. The SMILES string of the molecule is CCCc1nc(NC)cc(N(C)C(CC)CSC)n1. The maximum atomic E-state index is 4.69. The monoisotopic (exact) mass is 282 g/mol. The number of nitrogens with one attached hydrogen (secondary N) is 1. The van der Waals surface area contributed by atoms with Crippen molar-refractivity contribution >= 4 is 23.4 Å². The maximum absolute atomic E-state index is 4.69. The van der Waals surface area contributed by atoms with Gasteiger partial charge in [-0.2, -0.15) is 11.8 Å². The normalized spacial score (nSPS) is 12.3. The van der Waals surface area contributed by atoms with Gasteiger partial charge in [0.15, 0.2) is 0 Å². The van der Waals surface area contributed by atoms with Crippen LogP contribution in [-0.2, 0) is 6.42 Å². The van der Waals surface area contributed by atoms with E-state index in [1.807, 2.05) is 24.9 Å². The number of aryl methyl sites for hydroxylation is 1. The first kappa shape index (κ1) is 16.1. The number of anilines is 2. The molecule has 1 N–H and O–H groups in total. The zero-order valence-electron chi connectivity index (χ0n) is 12.7. The van der Waals surface area contributed by atoms with E-state index in [0.29, 0.717) is 6.04 Å². The van der Waals surface area contributed by atoms with Crippen molar-refractivity contribution in [2.24, 2.45) is 0 Å². The lowest BCUT2D eigenvalue weighted by Gasteiger charge is -2.28. The summed E-state index contributed by atoms with van der Waals surface area (Å²) in [6.45, 7) is 4.38. The average Bonchev–Trinajstić information content (AvgIpc) is 2.44. The van der Waals surface area contributed by atoms with Gasteiger partial charge in [0.1, 0.15) is 17.5 Å². The number of aromatic nitrogens is 2. The molecule has 1 rings (SSSR count). The van der Waals surface area contributed by atoms with Gasteiger partial charge in [0.05, 0.1) is 0 Å². The minimum absolute atomic E-state index is 0.518. The molecular formula is C14H26N4S. The Morgan fingerprint density at radius 3 is 2.63 bits per heavy atom. The third-order valence-corrected chi connectivity index (χ3v) is 3.95. The second kappa shape index (κ2) is 8.25. The molecule has 0 aliphatic rings. The second-order valence-electron chi connectivity index (χ2n) is 4.66. The minimum atomic E-state index is 0.518. The summed E-state index contributed by atoms with van der Waals surface area (Å²) in [6.07, 6.45) is 5.27. The molecule has 0 amide bonds. The molecule has 0 saturated carbocycles. The van der Waals surface area contributed by atoms with E-state index in [0.717, 1.165) is 42.5 Å². The van der Waals surface area contributed by atoms with Crippen molar-refractivity contribution in [2.75, 3.05) is 36.3 Å². The Labute approximate surface area is 121 Å². The Bertz CT molecular complexity index is 384. The Morgan fingerprint density at radius 2 is 2.11 bits per heavy atom. The van der Waals surface area contributed by atoms with Crippen molar-refractivity contribution in [1.29, 1.82) is 0 Å². The Balaban J connectivity index is 2.99. The fraction of sp³-hybridized carbons (Fsp3) is 0.714. The molecule has 0 saturated heterocycles. The topological polar surface area (TPSA) is 41.1 Å². The maximum Gasteiger partial charge on any atom is 0.134 e. The van der Waals surface area contributed by atoms with Crippen molar-refractivity contribution in [3.05, 3.63) is 11.9 Å². The molecule has 0 aliphatic carbocycles. The standard InChI is InChI=1S/C14H26N4S/c1-6-8-12-16-13(15-3)9-14(17-12)18(4)11(7-2)10-19-5/h9,11H,6-8,10H2,1-5H3,(H,15,16,17). The third kappa shape index (κ3) is 4.56. The van der Waals surface area contributed by atoms with E-state index in [1.165, 1.54) is 0 Å². The van der Waals surface area contributed by atoms with Crippen molar-refractivity contribution < 1.29 is 0 Å². The zero-order chi connectivity index (χ0) is 14.3. The fourth-order valence-corrected chi connectivity index (χ4v) is 2.85. The number of thioether (sulfide) groups is 1. The van der Waals surface area contributed by atoms with Crippen LogP contribution >= 0.6 is 11.8 Å². The molecule has 1 aromatic heterocycles. The van der Waals surface area contributed by atoms with E-state index in [4.69, 9.17) is 0 Å². The van der Waals surface area contributed by atoms with Gasteiger partial charge in [0, 0.05) is 38.4 Å². The first-order valence-corrected chi connectivity index (χ1v) is 8.33. The van der Waals surface area contributed by atoms with Crippen molar-refractivity contribution in [1.82, 2.24) is 9.97 Å². The summed E-state index contributed by atoms with van der Waals surface area (Å²) in [5.41, 5.74) is 0. The van der Waals surface area contributed by atoms with E-state index in [2.05, 4.69) is 47.3 Å². The molecule has 1 unspecified atom stereocenters. The van der Waals surface area contributed by atoms with Gasteiger partial charge in [0.2, 0.25) is 0 Å². The van der Waals surface area contributed by atoms with Crippen molar-refractivity contribution in [3.8, 4) is 0 Å². The van der Waals surface area contributed by atoms with Crippen LogP contribution in [0.25, 0.3) is 0 Å². The molecule has 4 nitrogen and oxygen atoms in total. The summed E-state index contributed by atoms with van der Waals surface area (Å²) in [5, 5.41) is 3.13. The molecule has 0 aliphatic heterocycles. The molecule has 1 heterocycles. The summed E-state index contributed by atoms with van der Waals surface area (Å²) >= 11 is 1.88. The molecule has 0 radical (unpaired) electrons. The van der Waals surface area contributed by atoms with E-state index >= 15 is 0 Å². The van der Waals surface area contributed by atoms with Gasteiger partial charge in [-0.1, -0.05) is 13.8 Å². The smallest absolute Gasteiger partial charge is 0.134 e. The number of hydrogen-bond acceptors (Lipinski definition) is 5. The summed E-state index contributed by atoms with van der Waals surface area (Å²) in [7, 11) is 4.03. The molecule has 1 atom stereocenters. The molecule has 0 spiro atoms. The Kier molecular flexibility index (Phi) is 6.99. The highest BCUT2D eigenvalue weighted by Crippen LogP contribution is 2.20. The molecule has 0 aromatic carbocycles. The number of rotatable bonds is 8. The van der Waals surface area contributed by atoms with E-state index < -0.39 is 0 Å². The van der Waals surface area contributed by atoms with Crippen LogP contribution in [0.4, 0.5) is 11.6 Å². The zero-order valence-corrected chi connectivity index (χ0v) is 13.5. The van der Waals surface area contributed by atoms with Gasteiger partial charge in [-0.3, -0.25) is 0 Å². The van der Waals surface area contributed by atoms with Crippen LogP contribution in [-0.4, -0.2) is 42.1 Å². The molecule has 0 fully saturated rings. The molecule has 108 valence electrons. The van der Waals surface area contributed by atoms with Gasteiger partial charge in [-0.05, 0) is 19.1 Å². The lowest BCUT2D eigenvalue weighted by molar-refractivity contribution is 0.662. The average molecular weight is 282 g/mol. The second-order valence-corrected chi connectivity index (χ2v) is 5.57. The van der Waals surface area contributed by atoms with Crippen LogP contribution in [0.15, 0.2) is 6.07 Å². The van der Waals surface area contributed by atoms with Crippen LogP contribution in [0.5, 0.6) is 0 Å². The minimum Gasteiger partial charge on any atom is -0.373 e. The van der Waals surface area contributed by atoms with Crippen LogP contribution < -0.4 is 10.2 Å². The van der Waals surface area contributed by atoms with Crippen molar-refractivity contribution in [3.63, 3.8) is 0 Å². The third-order valence-electron chi connectivity index (χ3n) is 3.23. The number of nitrogens with zero attached hydrogens (tertiary/aromatic N) is 3. The molecular weight excluding hydrogens is 256 g/mol. The van der Waals surface area contributed by atoms with Crippen LogP contribution in [0.3, 0.4) is 0 Å². The van der Waals surface area contributed by atoms with Crippen LogP contribution in [0, 0.1) is 0 Å². The predicted octanol–water partition coefficient (Wildman–Crippen LogP) is 3.05. The van der Waals surface area contributed by atoms with E-state index in [1.54, 1.807) is 0 Å². The van der Waals surface area contributed by atoms with Crippen LogP contribution in [0.2, 0.25) is 0 Å². The Morgan fingerprint density at radius 1 is 1.37 bits per heavy atom. The van der Waals surface area contributed by atoms with Gasteiger partial charge in [-0.15, -0.1) is 0 Å².